The Morgan fingerprint density at radius 2 is 1.79 bits per heavy atom. The lowest BCUT2D eigenvalue weighted by Crippen LogP contribution is -2.07. The molecule has 0 unspecified atom stereocenters. The smallest absolute Gasteiger partial charge is 0.248 e. The lowest BCUT2D eigenvalue weighted by Gasteiger charge is -2.04. The highest BCUT2D eigenvalue weighted by atomic mass is 16.3. The number of pyridine rings is 1. The van der Waals surface area contributed by atoms with E-state index >= 15 is 0 Å². The van der Waals surface area contributed by atoms with Gasteiger partial charge >= 0.3 is 0 Å². The van der Waals surface area contributed by atoms with Crippen LogP contribution in [0.1, 0.15) is 30.9 Å². The van der Waals surface area contributed by atoms with Gasteiger partial charge < -0.3 is 9.73 Å². The zero-order valence-corrected chi connectivity index (χ0v) is 16.3. The zero-order chi connectivity index (χ0) is 20.2. The van der Waals surface area contributed by atoms with Crippen LogP contribution in [0.2, 0.25) is 0 Å². The highest BCUT2D eigenvalue weighted by Gasteiger charge is 2.09. The monoisotopic (exact) mass is 383 g/mol. The Kier molecular flexibility index (Phi) is 5.20. The van der Waals surface area contributed by atoms with E-state index in [1.165, 1.54) is 11.6 Å². The summed E-state index contributed by atoms with van der Waals surface area (Å²) in [6, 6.07) is 17.3. The van der Waals surface area contributed by atoms with Crippen LogP contribution in [0.3, 0.4) is 0 Å². The second kappa shape index (κ2) is 8.10. The van der Waals surface area contributed by atoms with Gasteiger partial charge in [0.2, 0.25) is 11.8 Å². The van der Waals surface area contributed by atoms with Gasteiger partial charge in [0.1, 0.15) is 5.52 Å². The number of anilines is 1. The molecule has 0 saturated carbocycles. The number of amides is 1. The summed E-state index contributed by atoms with van der Waals surface area (Å²) in [4.78, 5) is 20.7. The van der Waals surface area contributed by atoms with Gasteiger partial charge in [-0.2, -0.15) is 0 Å². The Morgan fingerprint density at radius 1 is 1.03 bits per heavy atom. The standard InChI is InChI=1S/C24H21N3O2/c1-16(2)18-6-3-17(4-7-18)5-10-23(28)26-20-8-9-21-22(15-20)29-24(27-21)19-11-13-25-14-12-19/h3-16H,1-2H3,(H,26,28)/b10-5+. The first-order valence-corrected chi connectivity index (χ1v) is 9.48. The minimum Gasteiger partial charge on any atom is -0.436 e. The number of hydrogen-bond acceptors (Lipinski definition) is 4. The van der Waals surface area contributed by atoms with Gasteiger partial charge in [-0.25, -0.2) is 4.98 Å². The Hall–Kier alpha value is -3.73. The van der Waals surface area contributed by atoms with E-state index in [9.17, 15) is 4.79 Å². The molecule has 0 radical (unpaired) electrons. The summed E-state index contributed by atoms with van der Waals surface area (Å²) in [7, 11) is 0. The molecule has 0 spiro atoms. The van der Waals surface area contributed by atoms with Crippen LogP contribution in [0.15, 0.2) is 77.5 Å². The predicted octanol–water partition coefficient (Wildman–Crippen LogP) is 5.67. The van der Waals surface area contributed by atoms with Gasteiger partial charge in [-0.05, 0) is 47.4 Å². The third kappa shape index (κ3) is 4.41. The van der Waals surface area contributed by atoms with E-state index in [0.29, 0.717) is 23.1 Å². The highest BCUT2D eigenvalue weighted by molar-refractivity contribution is 6.02. The van der Waals surface area contributed by atoms with E-state index in [2.05, 4.69) is 41.3 Å². The topological polar surface area (TPSA) is 68.0 Å². The van der Waals surface area contributed by atoms with Crippen molar-refractivity contribution in [2.75, 3.05) is 5.32 Å². The van der Waals surface area contributed by atoms with E-state index in [-0.39, 0.29) is 5.91 Å². The molecule has 0 aliphatic rings. The summed E-state index contributed by atoms with van der Waals surface area (Å²) in [5.74, 6) is 0.809. The number of hydrogen-bond donors (Lipinski definition) is 1. The maximum absolute atomic E-state index is 12.3. The summed E-state index contributed by atoms with van der Waals surface area (Å²) in [5, 5.41) is 2.86. The van der Waals surface area contributed by atoms with Crippen LogP contribution in [0, 0.1) is 0 Å². The van der Waals surface area contributed by atoms with Crippen LogP contribution in [0.5, 0.6) is 0 Å². The van der Waals surface area contributed by atoms with Crippen molar-refractivity contribution in [2.24, 2.45) is 0 Å². The number of nitrogens with zero attached hydrogens (tertiary/aromatic N) is 2. The molecule has 2 heterocycles. The zero-order valence-electron chi connectivity index (χ0n) is 16.3. The van der Waals surface area contributed by atoms with Crippen molar-refractivity contribution in [1.29, 1.82) is 0 Å². The predicted molar refractivity (Wildman–Crippen MR) is 115 cm³/mol. The quantitative estimate of drug-likeness (QED) is 0.451. The van der Waals surface area contributed by atoms with Crippen molar-refractivity contribution in [3.05, 3.63) is 84.2 Å². The molecule has 0 fully saturated rings. The van der Waals surface area contributed by atoms with Crippen LogP contribution < -0.4 is 5.32 Å². The fourth-order valence-electron chi connectivity index (χ4n) is 2.97. The molecule has 0 atom stereocenters. The fraction of sp³-hybridized carbons (Fsp3) is 0.125. The van der Waals surface area contributed by atoms with Crippen molar-refractivity contribution < 1.29 is 9.21 Å². The molecule has 0 saturated heterocycles. The summed E-state index contributed by atoms with van der Waals surface area (Å²) < 4.78 is 5.83. The molecule has 2 aromatic heterocycles. The van der Waals surface area contributed by atoms with E-state index in [0.717, 1.165) is 16.6 Å². The molecule has 0 bridgehead atoms. The van der Waals surface area contributed by atoms with E-state index < -0.39 is 0 Å². The normalized spacial score (nSPS) is 11.4. The lowest BCUT2D eigenvalue weighted by molar-refractivity contribution is -0.111. The van der Waals surface area contributed by atoms with Gasteiger partial charge in [-0.3, -0.25) is 9.78 Å². The maximum atomic E-state index is 12.3. The molecule has 1 amide bonds. The second-order valence-corrected chi connectivity index (χ2v) is 7.08. The Balaban J connectivity index is 1.46. The average molecular weight is 383 g/mol. The summed E-state index contributed by atoms with van der Waals surface area (Å²) in [5.41, 5.74) is 5.11. The Morgan fingerprint density at radius 3 is 2.52 bits per heavy atom. The fourth-order valence-corrected chi connectivity index (χ4v) is 2.97. The van der Waals surface area contributed by atoms with Crippen LogP contribution in [0.4, 0.5) is 5.69 Å². The number of fused-ring (bicyclic) bond motifs is 1. The molecule has 4 rings (SSSR count). The summed E-state index contributed by atoms with van der Waals surface area (Å²) >= 11 is 0. The van der Waals surface area contributed by atoms with Crippen molar-refractivity contribution in [3.8, 4) is 11.5 Å². The van der Waals surface area contributed by atoms with Crippen LogP contribution >= 0.6 is 0 Å². The first-order chi connectivity index (χ1) is 14.1. The second-order valence-electron chi connectivity index (χ2n) is 7.08. The Bertz CT molecular complexity index is 1160. The minimum absolute atomic E-state index is 0.203. The first kappa shape index (κ1) is 18.6. The first-order valence-electron chi connectivity index (χ1n) is 9.48. The van der Waals surface area contributed by atoms with Gasteiger partial charge in [-0.1, -0.05) is 38.1 Å². The third-order valence-electron chi connectivity index (χ3n) is 4.61. The van der Waals surface area contributed by atoms with Gasteiger partial charge in [0.15, 0.2) is 5.58 Å². The van der Waals surface area contributed by atoms with Crippen molar-refractivity contribution in [1.82, 2.24) is 9.97 Å². The molecule has 0 aliphatic heterocycles. The SMILES string of the molecule is CC(C)c1ccc(/C=C/C(=O)Nc2ccc3nc(-c4ccncc4)oc3c2)cc1. The van der Waals surface area contributed by atoms with Gasteiger partial charge in [0.25, 0.3) is 0 Å². The lowest BCUT2D eigenvalue weighted by atomic mass is 10.0. The molecule has 144 valence electrons. The number of rotatable bonds is 5. The van der Waals surface area contributed by atoms with Crippen LogP contribution in [-0.4, -0.2) is 15.9 Å². The van der Waals surface area contributed by atoms with Crippen molar-refractivity contribution in [3.63, 3.8) is 0 Å². The van der Waals surface area contributed by atoms with Gasteiger partial charge in [-0.15, -0.1) is 0 Å². The van der Waals surface area contributed by atoms with E-state index in [1.807, 2.05) is 36.4 Å². The number of aromatic nitrogens is 2. The molecular weight excluding hydrogens is 362 g/mol. The highest BCUT2D eigenvalue weighted by Crippen LogP contribution is 2.26. The van der Waals surface area contributed by atoms with Crippen LogP contribution in [-0.2, 0) is 4.79 Å². The summed E-state index contributed by atoms with van der Waals surface area (Å²) in [6.07, 6.45) is 6.71. The average Bonchev–Trinajstić information content (AvgIpc) is 3.17. The summed E-state index contributed by atoms with van der Waals surface area (Å²) in [6.45, 7) is 4.31. The molecule has 29 heavy (non-hydrogen) atoms. The molecule has 4 aromatic rings. The van der Waals surface area contributed by atoms with Crippen molar-refractivity contribution >= 4 is 28.8 Å². The van der Waals surface area contributed by atoms with Crippen molar-refractivity contribution in [2.45, 2.75) is 19.8 Å². The molecular formula is C24H21N3O2. The van der Waals surface area contributed by atoms with Crippen LogP contribution in [0.25, 0.3) is 28.6 Å². The number of benzene rings is 2. The molecule has 5 heteroatoms. The maximum Gasteiger partial charge on any atom is 0.248 e. The molecule has 5 nitrogen and oxygen atoms in total. The van der Waals surface area contributed by atoms with E-state index in [4.69, 9.17) is 4.42 Å². The number of oxazole rings is 1. The number of nitrogens with one attached hydrogen (secondary N) is 1. The Labute approximate surface area is 169 Å². The van der Waals surface area contributed by atoms with Gasteiger partial charge in [0, 0.05) is 35.8 Å². The van der Waals surface area contributed by atoms with Gasteiger partial charge in [0.05, 0.1) is 0 Å². The minimum atomic E-state index is -0.203. The molecule has 1 N–H and O–H groups in total. The number of carbonyl (C=O) groups excluding carboxylic acids is 1. The molecule has 2 aromatic carbocycles. The molecule has 0 aliphatic carbocycles. The number of carbonyl (C=O) groups is 1. The van der Waals surface area contributed by atoms with E-state index in [1.54, 1.807) is 24.5 Å². The third-order valence-corrected chi connectivity index (χ3v) is 4.61. The largest absolute Gasteiger partial charge is 0.436 e.